The molecular formula is C34H33N3O. The van der Waals surface area contributed by atoms with E-state index in [4.69, 9.17) is 4.52 Å². The van der Waals surface area contributed by atoms with E-state index in [1.165, 1.54) is 32.9 Å². The monoisotopic (exact) mass is 499 g/mol. The normalized spacial score (nSPS) is 12.5. The van der Waals surface area contributed by atoms with Gasteiger partial charge in [0.25, 0.3) is 5.89 Å². The van der Waals surface area contributed by atoms with E-state index in [1.807, 2.05) is 30.3 Å². The van der Waals surface area contributed by atoms with Gasteiger partial charge in [-0.1, -0.05) is 89.2 Å². The molecule has 0 saturated carbocycles. The predicted octanol–water partition coefficient (Wildman–Crippen LogP) is 9.10. The molecule has 0 fully saturated rings. The molecule has 4 nitrogen and oxygen atoms in total. The van der Waals surface area contributed by atoms with E-state index in [0.717, 1.165) is 16.8 Å². The summed E-state index contributed by atoms with van der Waals surface area (Å²) in [5.41, 5.74) is 8.18. The average molecular weight is 500 g/mol. The summed E-state index contributed by atoms with van der Waals surface area (Å²) in [6, 6.07) is 32.1. The van der Waals surface area contributed by atoms with E-state index in [0.29, 0.717) is 11.7 Å². The van der Waals surface area contributed by atoms with Crippen LogP contribution in [0.1, 0.15) is 52.7 Å². The van der Waals surface area contributed by atoms with Crippen LogP contribution >= 0.6 is 0 Å². The van der Waals surface area contributed by atoms with Crippen molar-refractivity contribution in [2.75, 3.05) is 0 Å². The summed E-state index contributed by atoms with van der Waals surface area (Å²) < 4.78 is 7.96. The largest absolute Gasteiger partial charge is 0.334 e. The molecule has 0 aliphatic heterocycles. The Kier molecular flexibility index (Phi) is 5.53. The van der Waals surface area contributed by atoms with Crippen LogP contribution in [0.15, 0.2) is 95.5 Å². The molecule has 0 spiro atoms. The molecule has 0 saturated heterocycles. The first kappa shape index (κ1) is 24.2. The quantitative estimate of drug-likeness (QED) is 0.244. The molecule has 0 radical (unpaired) electrons. The molecule has 4 heteroatoms. The predicted molar refractivity (Wildman–Crippen MR) is 157 cm³/mol. The molecule has 0 N–H and O–H groups in total. The van der Waals surface area contributed by atoms with Gasteiger partial charge in [-0.25, -0.2) is 0 Å². The minimum atomic E-state index is 0.0780. The van der Waals surface area contributed by atoms with Crippen molar-refractivity contribution in [3.63, 3.8) is 0 Å². The highest BCUT2D eigenvalue weighted by Gasteiger charge is 2.21. The maximum atomic E-state index is 5.60. The number of hydrogen-bond acceptors (Lipinski definition) is 3. The first-order valence-corrected chi connectivity index (χ1v) is 13.2. The molecule has 2 aromatic heterocycles. The first-order valence-electron chi connectivity index (χ1n) is 13.2. The topological polar surface area (TPSA) is 43.9 Å². The number of aromatic nitrogens is 3. The van der Waals surface area contributed by atoms with Crippen molar-refractivity contribution in [2.24, 2.45) is 0 Å². The zero-order valence-corrected chi connectivity index (χ0v) is 22.9. The van der Waals surface area contributed by atoms with E-state index >= 15 is 0 Å². The van der Waals surface area contributed by atoms with Crippen molar-refractivity contribution in [3.8, 4) is 28.5 Å². The van der Waals surface area contributed by atoms with Crippen molar-refractivity contribution < 1.29 is 4.52 Å². The second-order valence-electron chi connectivity index (χ2n) is 12.1. The van der Waals surface area contributed by atoms with Crippen molar-refractivity contribution >= 4 is 21.8 Å². The number of rotatable bonds is 3. The highest BCUT2D eigenvalue weighted by atomic mass is 16.5. The number of nitrogens with zero attached hydrogens (tertiary/aromatic N) is 3. The second-order valence-corrected chi connectivity index (χ2v) is 12.1. The fourth-order valence-corrected chi connectivity index (χ4v) is 5.03. The Balaban J connectivity index is 1.47. The van der Waals surface area contributed by atoms with Crippen LogP contribution in [0.5, 0.6) is 0 Å². The molecule has 0 bridgehead atoms. The van der Waals surface area contributed by atoms with Gasteiger partial charge in [0.05, 0.1) is 11.0 Å². The van der Waals surface area contributed by atoms with E-state index in [1.54, 1.807) is 0 Å². The van der Waals surface area contributed by atoms with Gasteiger partial charge in [-0.05, 0) is 70.5 Å². The van der Waals surface area contributed by atoms with Gasteiger partial charge < -0.3 is 9.09 Å². The van der Waals surface area contributed by atoms with Gasteiger partial charge in [0, 0.05) is 27.6 Å². The lowest BCUT2D eigenvalue weighted by atomic mass is 9.85. The van der Waals surface area contributed by atoms with Gasteiger partial charge in [0.1, 0.15) is 0 Å². The third-order valence-corrected chi connectivity index (χ3v) is 7.33. The molecule has 0 aliphatic rings. The molecule has 2 heterocycles. The minimum absolute atomic E-state index is 0.0780. The van der Waals surface area contributed by atoms with Crippen molar-refractivity contribution in [1.29, 1.82) is 0 Å². The lowest BCUT2D eigenvalue weighted by Gasteiger charge is -2.19. The average Bonchev–Trinajstić information content (AvgIpc) is 3.51. The number of benzene rings is 4. The lowest BCUT2D eigenvalue weighted by Crippen LogP contribution is -2.10. The van der Waals surface area contributed by atoms with Crippen LogP contribution in [-0.4, -0.2) is 14.7 Å². The summed E-state index contributed by atoms with van der Waals surface area (Å²) in [7, 11) is 0. The second kappa shape index (κ2) is 8.70. The van der Waals surface area contributed by atoms with Crippen LogP contribution in [0.25, 0.3) is 50.3 Å². The molecule has 6 aromatic rings. The fraction of sp³-hybridized carbons (Fsp3) is 0.235. The van der Waals surface area contributed by atoms with Crippen LogP contribution in [0, 0.1) is 0 Å². The van der Waals surface area contributed by atoms with Crippen molar-refractivity contribution in [1.82, 2.24) is 14.7 Å². The third-order valence-electron chi connectivity index (χ3n) is 7.33. The Hall–Kier alpha value is -4.18. The molecule has 0 aliphatic carbocycles. The maximum Gasteiger partial charge on any atom is 0.258 e. The Morgan fingerprint density at radius 1 is 0.605 bits per heavy atom. The molecule has 0 atom stereocenters. The van der Waals surface area contributed by atoms with Crippen LogP contribution in [-0.2, 0) is 10.8 Å². The molecule has 0 amide bonds. The van der Waals surface area contributed by atoms with Gasteiger partial charge in [-0.2, -0.15) is 4.98 Å². The Bertz CT molecular complexity index is 1690. The summed E-state index contributed by atoms with van der Waals surface area (Å²) in [5, 5.41) is 6.75. The first-order chi connectivity index (χ1) is 18.1. The van der Waals surface area contributed by atoms with E-state index in [-0.39, 0.29) is 10.8 Å². The molecular weight excluding hydrogens is 466 g/mol. The highest BCUT2D eigenvalue weighted by Crippen LogP contribution is 2.37. The number of hydrogen-bond donors (Lipinski definition) is 0. The van der Waals surface area contributed by atoms with Crippen molar-refractivity contribution in [2.45, 2.75) is 52.4 Å². The maximum absolute atomic E-state index is 5.60. The Morgan fingerprint density at radius 2 is 1.16 bits per heavy atom. The van der Waals surface area contributed by atoms with Crippen molar-refractivity contribution in [3.05, 3.63) is 102 Å². The Labute approximate surface area is 223 Å². The van der Waals surface area contributed by atoms with Gasteiger partial charge in [0.2, 0.25) is 5.82 Å². The zero-order chi connectivity index (χ0) is 26.7. The van der Waals surface area contributed by atoms with Gasteiger partial charge in [0.15, 0.2) is 0 Å². The van der Waals surface area contributed by atoms with Gasteiger partial charge >= 0.3 is 0 Å². The minimum Gasteiger partial charge on any atom is -0.334 e. The van der Waals surface area contributed by atoms with E-state index in [2.05, 4.69) is 117 Å². The fourth-order valence-electron chi connectivity index (χ4n) is 5.03. The van der Waals surface area contributed by atoms with Crippen LogP contribution in [0.3, 0.4) is 0 Å². The van der Waals surface area contributed by atoms with Crippen LogP contribution in [0.4, 0.5) is 0 Å². The third kappa shape index (κ3) is 4.20. The standard InChI is InChI=1S/C34H33N3O/c1-33(2,3)24-14-18-29-27(20-24)28-21-25(34(4,5)6)15-19-30(28)37(29)26-16-12-23(13-17-26)32-35-31(36-38-32)22-10-8-7-9-11-22/h7-21H,1-6H3. The molecule has 4 aromatic carbocycles. The van der Waals surface area contributed by atoms with Gasteiger partial charge in [-0.15, -0.1) is 0 Å². The highest BCUT2D eigenvalue weighted by molar-refractivity contribution is 6.09. The lowest BCUT2D eigenvalue weighted by molar-refractivity contribution is 0.432. The Morgan fingerprint density at radius 3 is 1.68 bits per heavy atom. The van der Waals surface area contributed by atoms with Gasteiger partial charge in [-0.3, -0.25) is 0 Å². The molecule has 38 heavy (non-hydrogen) atoms. The van der Waals surface area contributed by atoms with E-state index < -0.39 is 0 Å². The summed E-state index contributed by atoms with van der Waals surface area (Å²) in [4.78, 5) is 4.62. The summed E-state index contributed by atoms with van der Waals surface area (Å²) in [5.74, 6) is 1.11. The zero-order valence-electron chi connectivity index (χ0n) is 22.9. The summed E-state index contributed by atoms with van der Waals surface area (Å²) >= 11 is 0. The van der Waals surface area contributed by atoms with E-state index in [9.17, 15) is 0 Å². The summed E-state index contributed by atoms with van der Waals surface area (Å²) in [6.07, 6.45) is 0. The smallest absolute Gasteiger partial charge is 0.258 e. The number of fused-ring (bicyclic) bond motifs is 3. The SMILES string of the molecule is CC(C)(C)c1ccc2c(c1)c1cc(C(C)(C)C)ccc1n2-c1ccc(-c2nc(-c3ccccc3)no2)cc1. The van der Waals surface area contributed by atoms with Crippen LogP contribution in [0.2, 0.25) is 0 Å². The molecule has 0 unspecified atom stereocenters. The molecule has 190 valence electrons. The summed E-state index contributed by atoms with van der Waals surface area (Å²) in [6.45, 7) is 13.6. The van der Waals surface area contributed by atoms with Crippen LogP contribution < -0.4 is 0 Å². The molecule has 6 rings (SSSR count).